The quantitative estimate of drug-likeness (QED) is 0.802. The van der Waals surface area contributed by atoms with Crippen molar-refractivity contribution in [3.8, 4) is 6.07 Å². The number of rotatable bonds is 1. The van der Waals surface area contributed by atoms with E-state index in [0.717, 1.165) is 35.8 Å². The molecule has 0 atom stereocenters. The van der Waals surface area contributed by atoms with Crippen molar-refractivity contribution >= 4 is 33.5 Å². The minimum Gasteiger partial charge on any atom is -0.369 e. The van der Waals surface area contributed by atoms with Crippen molar-refractivity contribution in [1.29, 1.82) is 5.26 Å². The smallest absolute Gasteiger partial charge is 0.220 e. The van der Waals surface area contributed by atoms with Crippen LogP contribution >= 0.6 is 15.9 Å². The SMILES string of the molecule is N#Cc1ccc(N2C(N)=NC(N)=NC23CCCCC3)c(Br)c1. The Morgan fingerprint density at radius 2 is 1.95 bits per heavy atom. The number of halogens is 1. The Balaban J connectivity index is 2.10. The Kier molecular flexibility index (Phi) is 3.79. The lowest BCUT2D eigenvalue weighted by atomic mass is 9.87. The normalized spacial score (nSPS) is 20.3. The van der Waals surface area contributed by atoms with Crippen molar-refractivity contribution in [3.63, 3.8) is 0 Å². The van der Waals surface area contributed by atoms with Crippen LogP contribution in [0.25, 0.3) is 0 Å². The summed E-state index contributed by atoms with van der Waals surface area (Å²) < 4.78 is 0.797. The summed E-state index contributed by atoms with van der Waals surface area (Å²) >= 11 is 3.53. The first kappa shape index (κ1) is 14.9. The van der Waals surface area contributed by atoms with Crippen molar-refractivity contribution in [3.05, 3.63) is 28.2 Å². The number of benzene rings is 1. The lowest BCUT2D eigenvalue weighted by molar-refractivity contribution is 0.305. The van der Waals surface area contributed by atoms with Crippen molar-refractivity contribution in [2.24, 2.45) is 21.5 Å². The summed E-state index contributed by atoms with van der Waals surface area (Å²) in [6, 6.07) is 7.55. The minimum absolute atomic E-state index is 0.236. The monoisotopic (exact) mass is 360 g/mol. The zero-order valence-electron chi connectivity index (χ0n) is 12.1. The molecule has 1 aliphatic heterocycles. The molecule has 4 N–H and O–H groups in total. The first-order valence-corrected chi connectivity index (χ1v) is 8.04. The fourth-order valence-corrected chi connectivity index (χ4v) is 3.78. The molecule has 22 heavy (non-hydrogen) atoms. The van der Waals surface area contributed by atoms with Crippen LogP contribution in [-0.4, -0.2) is 17.6 Å². The molecule has 1 aromatic rings. The molecule has 2 aliphatic rings. The maximum Gasteiger partial charge on any atom is 0.220 e. The maximum atomic E-state index is 9.02. The van der Waals surface area contributed by atoms with Crippen LogP contribution in [0.2, 0.25) is 0 Å². The summed E-state index contributed by atoms with van der Waals surface area (Å²) in [6.07, 6.45) is 5.12. The van der Waals surface area contributed by atoms with Crippen LogP contribution in [-0.2, 0) is 0 Å². The Bertz CT molecular complexity index is 696. The number of hydrogen-bond donors (Lipinski definition) is 2. The molecule has 1 aliphatic carbocycles. The van der Waals surface area contributed by atoms with Gasteiger partial charge in [-0.2, -0.15) is 10.3 Å². The lowest BCUT2D eigenvalue weighted by Gasteiger charge is -2.45. The van der Waals surface area contributed by atoms with Gasteiger partial charge in [-0.3, -0.25) is 4.90 Å². The van der Waals surface area contributed by atoms with Crippen LogP contribution in [0.15, 0.2) is 32.7 Å². The molecule has 1 heterocycles. The van der Waals surface area contributed by atoms with Gasteiger partial charge in [0.25, 0.3) is 0 Å². The topological polar surface area (TPSA) is 104 Å². The molecule has 0 radical (unpaired) electrons. The highest BCUT2D eigenvalue weighted by Crippen LogP contribution is 2.41. The van der Waals surface area contributed by atoms with Crippen LogP contribution in [0.5, 0.6) is 0 Å². The summed E-state index contributed by atoms with van der Waals surface area (Å²) in [6.45, 7) is 0. The third-order valence-electron chi connectivity index (χ3n) is 4.17. The van der Waals surface area contributed by atoms with Gasteiger partial charge in [-0.15, -0.1) is 0 Å². The Labute approximate surface area is 137 Å². The third-order valence-corrected chi connectivity index (χ3v) is 4.80. The molecule has 0 aromatic heterocycles. The van der Waals surface area contributed by atoms with E-state index in [4.69, 9.17) is 16.7 Å². The molecule has 114 valence electrons. The maximum absolute atomic E-state index is 9.02. The Morgan fingerprint density at radius 1 is 1.23 bits per heavy atom. The van der Waals surface area contributed by atoms with E-state index in [9.17, 15) is 0 Å². The van der Waals surface area contributed by atoms with Gasteiger partial charge < -0.3 is 11.5 Å². The zero-order chi connectivity index (χ0) is 15.7. The zero-order valence-corrected chi connectivity index (χ0v) is 13.7. The molecule has 6 nitrogen and oxygen atoms in total. The van der Waals surface area contributed by atoms with Gasteiger partial charge >= 0.3 is 0 Å². The number of nitrogens with zero attached hydrogens (tertiary/aromatic N) is 4. The largest absolute Gasteiger partial charge is 0.369 e. The highest BCUT2D eigenvalue weighted by Gasteiger charge is 2.43. The van der Waals surface area contributed by atoms with Gasteiger partial charge in [0.1, 0.15) is 5.66 Å². The summed E-state index contributed by atoms with van der Waals surface area (Å²) in [7, 11) is 0. The highest BCUT2D eigenvalue weighted by atomic mass is 79.9. The second-order valence-electron chi connectivity index (χ2n) is 5.60. The van der Waals surface area contributed by atoms with E-state index in [1.165, 1.54) is 6.42 Å². The van der Waals surface area contributed by atoms with Gasteiger partial charge in [-0.1, -0.05) is 6.42 Å². The number of hydrogen-bond acceptors (Lipinski definition) is 6. The predicted octanol–water partition coefficient (Wildman–Crippen LogP) is 2.43. The fraction of sp³-hybridized carbons (Fsp3) is 0.400. The van der Waals surface area contributed by atoms with E-state index in [1.54, 1.807) is 12.1 Å². The molecule has 0 bridgehead atoms. The number of aliphatic imine (C=N–C) groups is 2. The summed E-state index contributed by atoms with van der Waals surface area (Å²) in [5, 5.41) is 9.02. The number of nitrogens with two attached hydrogens (primary N) is 2. The molecule has 1 aromatic carbocycles. The van der Waals surface area contributed by atoms with E-state index < -0.39 is 5.66 Å². The van der Waals surface area contributed by atoms with Gasteiger partial charge in [0.05, 0.1) is 17.3 Å². The highest BCUT2D eigenvalue weighted by molar-refractivity contribution is 9.10. The van der Waals surface area contributed by atoms with Crippen LogP contribution in [0, 0.1) is 11.3 Å². The first-order valence-electron chi connectivity index (χ1n) is 7.25. The van der Waals surface area contributed by atoms with E-state index in [2.05, 4.69) is 32.0 Å². The molecule has 7 heteroatoms. The van der Waals surface area contributed by atoms with Crippen molar-refractivity contribution in [2.45, 2.75) is 37.8 Å². The molecular formula is C15H17BrN6. The van der Waals surface area contributed by atoms with Gasteiger partial charge in [0.2, 0.25) is 11.9 Å². The first-order chi connectivity index (χ1) is 10.6. The summed E-state index contributed by atoms with van der Waals surface area (Å²) in [5.74, 6) is 0.584. The van der Waals surface area contributed by atoms with E-state index in [0.29, 0.717) is 11.5 Å². The Hall–Kier alpha value is -2.07. The molecule has 0 unspecified atom stereocenters. The van der Waals surface area contributed by atoms with Gasteiger partial charge in [-0.25, -0.2) is 4.99 Å². The molecule has 1 fully saturated rings. The summed E-state index contributed by atoms with van der Waals surface area (Å²) in [5.41, 5.74) is 13.0. The predicted molar refractivity (Wildman–Crippen MR) is 90.4 cm³/mol. The molecular weight excluding hydrogens is 344 g/mol. The average Bonchev–Trinajstić information content (AvgIpc) is 2.48. The van der Waals surface area contributed by atoms with Crippen LogP contribution < -0.4 is 16.4 Å². The van der Waals surface area contributed by atoms with Crippen molar-refractivity contribution in [2.75, 3.05) is 4.90 Å². The fourth-order valence-electron chi connectivity index (χ4n) is 3.23. The number of guanidine groups is 2. The minimum atomic E-state index is -0.467. The van der Waals surface area contributed by atoms with Crippen molar-refractivity contribution < 1.29 is 0 Å². The van der Waals surface area contributed by atoms with Gasteiger partial charge in [-0.05, 0) is 59.8 Å². The van der Waals surface area contributed by atoms with E-state index in [1.807, 2.05) is 11.0 Å². The molecule has 0 saturated heterocycles. The van der Waals surface area contributed by atoms with Crippen LogP contribution in [0.1, 0.15) is 37.7 Å². The van der Waals surface area contributed by atoms with E-state index in [-0.39, 0.29) is 5.96 Å². The number of nitriles is 1. The molecule has 1 spiro atoms. The molecule has 3 rings (SSSR count). The van der Waals surface area contributed by atoms with Crippen LogP contribution in [0.3, 0.4) is 0 Å². The van der Waals surface area contributed by atoms with E-state index >= 15 is 0 Å². The average molecular weight is 361 g/mol. The standard InChI is InChI=1S/C15H17BrN6/c16-11-8-10(9-17)4-5-12(11)22-14(19)20-13(18)21-15(22)6-2-1-3-7-15/h4-5,8H,1-3,6-7H2,(H4,18,19,20,21). The number of anilines is 1. The van der Waals surface area contributed by atoms with Crippen molar-refractivity contribution in [1.82, 2.24) is 0 Å². The lowest BCUT2D eigenvalue weighted by Crippen LogP contribution is -2.58. The second kappa shape index (κ2) is 5.61. The Morgan fingerprint density at radius 3 is 2.59 bits per heavy atom. The van der Waals surface area contributed by atoms with Gasteiger partial charge in [0, 0.05) is 4.47 Å². The summed E-state index contributed by atoms with van der Waals surface area (Å²) in [4.78, 5) is 10.7. The third kappa shape index (κ3) is 2.44. The van der Waals surface area contributed by atoms with Gasteiger partial charge in [0.15, 0.2) is 0 Å². The molecule has 1 saturated carbocycles. The molecule has 0 amide bonds. The van der Waals surface area contributed by atoms with Crippen LogP contribution in [0.4, 0.5) is 5.69 Å². The second-order valence-corrected chi connectivity index (χ2v) is 6.45.